The van der Waals surface area contributed by atoms with E-state index in [1.165, 1.54) is 4.90 Å². The van der Waals surface area contributed by atoms with Crippen LogP contribution < -0.4 is 9.47 Å². The summed E-state index contributed by atoms with van der Waals surface area (Å²) in [5.41, 5.74) is 3.14. The van der Waals surface area contributed by atoms with E-state index >= 15 is 0 Å². The van der Waals surface area contributed by atoms with E-state index in [1.54, 1.807) is 33.5 Å². The van der Waals surface area contributed by atoms with Crippen molar-refractivity contribution < 1.29 is 14.3 Å². The summed E-state index contributed by atoms with van der Waals surface area (Å²) in [6.45, 7) is 0.387. The SMILES string of the molecule is COc1ccccc1COc1ccccc1-c1ccc(C(=O)N(C)C)cn1. The smallest absolute Gasteiger partial charge is 0.254 e. The number of ether oxygens (including phenoxy) is 2. The molecule has 0 fully saturated rings. The van der Waals surface area contributed by atoms with Crippen molar-refractivity contribution >= 4 is 5.91 Å². The van der Waals surface area contributed by atoms with Crippen LogP contribution in [0, 0.1) is 0 Å². The number of para-hydroxylation sites is 2. The third kappa shape index (κ3) is 4.26. The highest BCUT2D eigenvalue weighted by Gasteiger charge is 2.12. The fraction of sp³-hybridized carbons (Fsp3) is 0.182. The fourth-order valence-electron chi connectivity index (χ4n) is 2.72. The number of pyridine rings is 1. The molecule has 0 unspecified atom stereocenters. The Hall–Kier alpha value is -3.34. The van der Waals surface area contributed by atoms with Gasteiger partial charge in [0.15, 0.2) is 0 Å². The number of carbonyl (C=O) groups excluding carboxylic acids is 1. The van der Waals surface area contributed by atoms with Gasteiger partial charge in [0.05, 0.1) is 18.4 Å². The molecule has 0 spiro atoms. The van der Waals surface area contributed by atoms with Gasteiger partial charge in [0.1, 0.15) is 18.1 Å². The van der Waals surface area contributed by atoms with Crippen molar-refractivity contribution in [2.45, 2.75) is 6.61 Å². The van der Waals surface area contributed by atoms with Gasteiger partial charge in [0.25, 0.3) is 5.91 Å². The minimum Gasteiger partial charge on any atom is -0.496 e. The highest BCUT2D eigenvalue weighted by atomic mass is 16.5. The molecule has 0 saturated carbocycles. The largest absolute Gasteiger partial charge is 0.496 e. The van der Waals surface area contributed by atoms with Crippen molar-refractivity contribution in [3.63, 3.8) is 0 Å². The molecule has 1 amide bonds. The molecule has 0 saturated heterocycles. The Balaban J connectivity index is 1.83. The van der Waals surface area contributed by atoms with E-state index in [2.05, 4.69) is 4.98 Å². The zero-order valence-corrected chi connectivity index (χ0v) is 15.7. The molecule has 2 aromatic carbocycles. The second-order valence-electron chi connectivity index (χ2n) is 6.23. The molecule has 0 aliphatic heterocycles. The lowest BCUT2D eigenvalue weighted by Gasteiger charge is -2.14. The molecule has 0 atom stereocenters. The lowest BCUT2D eigenvalue weighted by Crippen LogP contribution is -2.21. The minimum atomic E-state index is -0.0743. The summed E-state index contributed by atoms with van der Waals surface area (Å²) >= 11 is 0. The normalized spacial score (nSPS) is 10.3. The first kappa shape index (κ1) is 18.5. The topological polar surface area (TPSA) is 51.7 Å². The van der Waals surface area contributed by atoms with Gasteiger partial charge in [-0.3, -0.25) is 9.78 Å². The van der Waals surface area contributed by atoms with E-state index in [-0.39, 0.29) is 5.91 Å². The van der Waals surface area contributed by atoms with Crippen LogP contribution in [-0.4, -0.2) is 37.0 Å². The molecule has 1 heterocycles. The average Bonchev–Trinajstić information content (AvgIpc) is 2.72. The van der Waals surface area contributed by atoms with Gasteiger partial charge in [-0.1, -0.05) is 30.3 Å². The summed E-state index contributed by atoms with van der Waals surface area (Å²) in [7, 11) is 5.09. The van der Waals surface area contributed by atoms with Crippen LogP contribution in [0.15, 0.2) is 66.9 Å². The monoisotopic (exact) mass is 362 g/mol. The zero-order chi connectivity index (χ0) is 19.2. The molecule has 1 aromatic heterocycles. The number of nitrogens with zero attached hydrogens (tertiary/aromatic N) is 2. The third-order valence-electron chi connectivity index (χ3n) is 4.16. The maximum absolute atomic E-state index is 12.0. The van der Waals surface area contributed by atoms with Crippen LogP contribution in [0.4, 0.5) is 0 Å². The molecular formula is C22H22N2O3. The summed E-state index contributed by atoms with van der Waals surface area (Å²) in [4.78, 5) is 18.0. The zero-order valence-electron chi connectivity index (χ0n) is 15.7. The number of hydrogen-bond donors (Lipinski definition) is 0. The molecule has 0 radical (unpaired) electrons. The van der Waals surface area contributed by atoms with Crippen molar-refractivity contribution in [3.05, 3.63) is 78.0 Å². The predicted molar refractivity (Wildman–Crippen MR) is 105 cm³/mol. The summed E-state index contributed by atoms with van der Waals surface area (Å²) in [5.74, 6) is 1.44. The fourth-order valence-corrected chi connectivity index (χ4v) is 2.72. The lowest BCUT2D eigenvalue weighted by molar-refractivity contribution is 0.0827. The van der Waals surface area contributed by atoms with Crippen LogP contribution in [0.25, 0.3) is 11.3 Å². The van der Waals surface area contributed by atoms with E-state index < -0.39 is 0 Å². The Labute approximate surface area is 159 Å². The first-order chi connectivity index (χ1) is 13.1. The highest BCUT2D eigenvalue weighted by molar-refractivity contribution is 5.93. The molecule has 5 nitrogen and oxygen atoms in total. The Kier molecular flexibility index (Phi) is 5.71. The van der Waals surface area contributed by atoms with Crippen LogP contribution in [0.5, 0.6) is 11.5 Å². The van der Waals surface area contributed by atoms with E-state index in [0.717, 1.165) is 28.3 Å². The van der Waals surface area contributed by atoms with Crippen molar-refractivity contribution in [1.82, 2.24) is 9.88 Å². The molecule has 3 aromatic rings. The van der Waals surface area contributed by atoms with Gasteiger partial charge in [0.2, 0.25) is 0 Å². The van der Waals surface area contributed by atoms with Crippen molar-refractivity contribution in [1.29, 1.82) is 0 Å². The quantitative estimate of drug-likeness (QED) is 0.664. The van der Waals surface area contributed by atoms with Crippen LogP contribution in [0.2, 0.25) is 0 Å². The van der Waals surface area contributed by atoms with Crippen LogP contribution in [-0.2, 0) is 6.61 Å². The van der Waals surface area contributed by atoms with Crippen molar-refractivity contribution in [2.24, 2.45) is 0 Å². The van der Waals surface area contributed by atoms with Crippen molar-refractivity contribution in [3.8, 4) is 22.8 Å². The Morgan fingerprint density at radius 1 is 0.963 bits per heavy atom. The summed E-state index contributed by atoms with van der Waals surface area (Å²) in [6, 6.07) is 19.1. The number of hydrogen-bond acceptors (Lipinski definition) is 4. The van der Waals surface area contributed by atoms with E-state index in [4.69, 9.17) is 9.47 Å². The minimum absolute atomic E-state index is 0.0743. The molecule has 0 bridgehead atoms. The van der Waals surface area contributed by atoms with Gasteiger partial charge < -0.3 is 14.4 Å². The molecule has 5 heteroatoms. The predicted octanol–water partition coefficient (Wildman–Crippen LogP) is 4.04. The Morgan fingerprint density at radius 2 is 1.67 bits per heavy atom. The van der Waals surface area contributed by atoms with Gasteiger partial charge >= 0.3 is 0 Å². The first-order valence-electron chi connectivity index (χ1n) is 8.62. The Bertz CT molecular complexity index is 921. The van der Waals surface area contributed by atoms with E-state index in [0.29, 0.717) is 12.2 Å². The van der Waals surface area contributed by atoms with Crippen LogP contribution >= 0.6 is 0 Å². The molecule has 0 aliphatic rings. The number of aromatic nitrogens is 1. The van der Waals surface area contributed by atoms with Gasteiger partial charge in [0, 0.05) is 31.4 Å². The standard InChI is InChI=1S/C22H22N2O3/c1-24(2)22(25)16-12-13-19(23-14-16)18-9-5-7-11-21(18)27-15-17-8-4-6-10-20(17)26-3/h4-14H,15H2,1-3H3. The molecule has 3 rings (SSSR count). The van der Waals surface area contributed by atoms with E-state index in [9.17, 15) is 4.79 Å². The summed E-state index contributed by atoms with van der Waals surface area (Å²) in [5, 5.41) is 0. The number of rotatable bonds is 6. The maximum Gasteiger partial charge on any atom is 0.254 e. The number of amides is 1. The molecule has 138 valence electrons. The van der Waals surface area contributed by atoms with Crippen molar-refractivity contribution in [2.75, 3.05) is 21.2 Å². The highest BCUT2D eigenvalue weighted by Crippen LogP contribution is 2.30. The summed E-state index contributed by atoms with van der Waals surface area (Å²) < 4.78 is 11.4. The molecule has 0 aliphatic carbocycles. The van der Waals surface area contributed by atoms with Gasteiger partial charge in [-0.05, 0) is 30.3 Å². The first-order valence-corrected chi connectivity index (χ1v) is 8.62. The number of benzene rings is 2. The van der Waals surface area contributed by atoms with Crippen LogP contribution in [0.3, 0.4) is 0 Å². The number of carbonyl (C=O) groups is 1. The molecule has 27 heavy (non-hydrogen) atoms. The maximum atomic E-state index is 12.0. The van der Waals surface area contributed by atoms with Gasteiger partial charge in [-0.25, -0.2) is 0 Å². The second kappa shape index (κ2) is 8.36. The van der Waals surface area contributed by atoms with E-state index in [1.807, 2.05) is 54.6 Å². The number of methoxy groups -OCH3 is 1. The lowest BCUT2D eigenvalue weighted by atomic mass is 10.1. The van der Waals surface area contributed by atoms with Gasteiger partial charge in [-0.15, -0.1) is 0 Å². The molecular weight excluding hydrogens is 340 g/mol. The summed E-state index contributed by atoms with van der Waals surface area (Å²) in [6.07, 6.45) is 1.59. The molecule has 0 N–H and O–H groups in total. The second-order valence-corrected chi connectivity index (χ2v) is 6.23. The van der Waals surface area contributed by atoms with Crippen LogP contribution in [0.1, 0.15) is 15.9 Å². The van der Waals surface area contributed by atoms with Gasteiger partial charge in [-0.2, -0.15) is 0 Å². The third-order valence-corrected chi connectivity index (χ3v) is 4.16. The average molecular weight is 362 g/mol. The Morgan fingerprint density at radius 3 is 2.33 bits per heavy atom.